The normalized spacial score (nSPS) is 30.7. The maximum Gasteiger partial charge on any atom is 0.372 e. The van der Waals surface area contributed by atoms with E-state index in [0.29, 0.717) is 16.9 Å². The summed E-state index contributed by atoms with van der Waals surface area (Å²) in [4.78, 5) is 14.4. The van der Waals surface area contributed by atoms with Crippen LogP contribution >= 0.6 is 15.0 Å². The van der Waals surface area contributed by atoms with Gasteiger partial charge in [-0.15, -0.1) is 0 Å². The number of rotatable bonds is 7. The van der Waals surface area contributed by atoms with Crippen molar-refractivity contribution in [1.29, 1.82) is 0 Å². The van der Waals surface area contributed by atoms with Gasteiger partial charge in [0.05, 0.1) is 6.10 Å². The van der Waals surface area contributed by atoms with Crippen LogP contribution in [-0.4, -0.2) is 32.8 Å². The Hall–Kier alpha value is -1.99. The molecule has 2 aromatic rings. The Balaban J connectivity index is 1.79. The van der Waals surface area contributed by atoms with Gasteiger partial charge in [-0.2, -0.15) is 0 Å². The second kappa shape index (κ2) is 8.87. The molecule has 0 radical (unpaired) electrons. The molecule has 168 valence electrons. The summed E-state index contributed by atoms with van der Waals surface area (Å²) in [7, 11) is -8.84. The fourth-order valence-electron chi connectivity index (χ4n) is 2.98. The van der Waals surface area contributed by atoms with Crippen molar-refractivity contribution in [2.45, 2.75) is 37.7 Å². The highest BCUT2D eigenvalue weighted by Crippen LogP contribution is 2.79. The van der Waals surface area contributed by atoms with E-state index in [1.54, 1.807) is 24.3 Å². The smallest absolute Gasteiger partial charge is 0.372 e. The summed E-state index contributed by atoms with van der Waals surface area (Å²) in [5.41, 5.74) is 0.736. The third-order valence-electron chi connectivity index (χ3n) is 4.55. The van der Waals surface area contributed by atoms with Crippen molar-refractivity contribution in [2.75, 3.05) is 6.66 Å². The van der Waals surface area contributed by atoms with Gasteiger partial charge in [0.15, 0.2) is 6.29 Å². The number of hydrogen-bond donors (Lipinski definition) is 2. The van der Waals surface area contributed by atoms with Gasteiger partial charge in [0.25, 0.3) is 5.95 Å². The summed E-state index contributed by atoms with van der Waals surface area (Å²) < 4.78 is 47.7. The van der Waals surface area contributed by atoms with Crippen LogP contribution in [0.15, 0.2) is 61.3 Å². The van der Waals surface area contributed by atoms with Crippen molar-refractivity contribution < 1.29 is 37.7 Å². The van der Waals surface area contributed by atoms with Gasteiger partial charge in [-0.25, -0.2) is 0 Å². The summed E-state index contributed by atoms with van der Waals surface area (Å²) in [6.07, 6.45) is 0.988. The van der Waals surface area contributed by atoms with Gasteiger partial charge in [0.2, 0.25) is 12.5 Å². The maximum absolute atomic E-state index is 13.2. The van der Waals surface area contributed by atoms with Crippen LogP contribution in [0.3, 0.4) is 0 Å². The van der Waals surface area contributed by atoms with E-state index in [1.807, 2.05) is 13.8 Å². The molecule has 0 amide bonds. The minimum atomic E-state index is -4.79. The molecule has 2 N–H and O–H groups in total. The van der Waals surface area contributed by atoms with E-state index in [4.69, 9.17) is 18.5 Å². The Morgan fingerprint density at radius 1 is 1.26 bits per heavy atom. The Morgan fingerprint density at radius 2 is 1.94 bits per heavy atom. The zero-order valence-corrected chi connectivity index (χ0v) is 19.2. The topological polar surface area (TPSA) is 124 Å². The number of hydrogen-bond acceptors (Lipinski definition) is 8. The van der Waals surface area contributed by atoms with Crippen LogP contribution in [0.2, 0.25) is 0 Å². The highest BCUT2D eigenvalue weighted by Gasteiger charge is 2.64. The van der Waals surface area contributed by atoms with Crippen LogP contribution in [0.25, 0.3) is 0 Å². The third-order valence-corrected chi connectivity index (χ3v) is 10.00. The number of aliphatic hydroxyl groups is 1. The molecule has 2 heterocycles. The van der Waals surface area contributed by atoms with Crippen molar-refractivity contribution in [1.82, 2.24) is 4.98 Å². The first-order chi connectivity index (χ1) is 14.4. The number of nitrogens with zero attached hydrogens (tertiary/aromatic N) is 1. The molecule has 1 saturated heterocycles. The first kappa shape index (κ1) is 23.7. The van der Waals surface area contributed by atoms with Gasteiger partial charge in [0.1, 0.15) is 5.75 Å². The predicted octanol–water partition coefficient (Wildman–Crippen LogP) is 4.38. The second-order valence-corrected chi connectivity index (χ2v) is 12.4. The fraction of sp³-hybridized carbons (Fsp3) is 0.350. The van der Waals surface area contributed by atoms with E-state index in [2.05, 4.69) is 11.6 Å². The first-order valence-corrected chi connectivity index (χ1v) is 13.1. The summed E-state index contributed by atoms with van der Waals surface area (Å²) in [5.74, 6) is 0.524. The maximum atomic E-state index is 13.2. The van der Waals surface area contributed by atoms with Crippen molar-refractivity contribution in [3.63, 3.8) is 0 Å². The molecule has 4 atom stereocenters. The van der Waals surface area contributed by atoms with Crippen molar-refractivity contribution in [3.05, 3.63) is 72.4 Å². The minimum Gasteiger partial charge on any atom is -0.463 e. The lowest BCUT2D eigenvalue weighted by Crippen LogP contribution is -2.37. The fourth-order valence-corrected chi connectivity index (χ4v) is 7.31. The highest BCUT2D eigenvalue weighted by molar-refractivity contribution is 7.75. The van der Waals surface area contributed by atoms with E-state index in [9.17, 15) is 19.1 Å². The SMILES string of the molecule is C=C(Oc1ccc(C2OP(C)(=O)C(O)(Cc3cccnc3)P(=O)(O)O2)cc1)OC(C)C. The molecule has 31 heavy (non-hydrogen) atoms. The van der Waals surface area contributed by atoms with Gasteiger partial charge in [-0.3, -0.25) is 23.2 Å². The Kier molecular flexibility index (Phi) is 6.77. The van der Waals surface area contributed by atoms with E-state index < -0.39 is 32.8 Å². The van der Waals surface area contributed by atoms with E-state index in [-0.39, 0.29) is 12.0 Å². The van der Waals surface area contributed by atoms with Crippen LogP contribution in [0, 0.1) is 0 Å². The van der Waals surface area contributed by atoms with Crippen molar-refractivity contribution >= 4 is 15.0 Å². The molecular weight excluding hydrogens is 444 g/mol. The Labute approximate surface area is 180 Å². The molecule has 1 aromatic heterocycles. The molecule has 0 bridgehead atoms. The van der Waals surface area contributed by atoms with Gasteiger partial charge in [-0.05, 0) is 44.2 Å². The molecule has 1 aliphatic heterocycles. The molecule has 4 unspecified atom stereocenters. The summed E-state index contributed by atoms with van der Waals surface area (Å²) in [6, 6.07) is 9.33. The zero-order valence-electron chi connectivity index (χ0n) is 17.4. The average molecular weight is 469 g/mol. The second-order valence-electron chi connectivity index (χ2n) is 7.43. The van der Waals surface area contributed by atoms with Gasteiger partial charge >= 0.3 is 7.60 Å². The zero-order chi connectivity index (χ0) is 22.9. The molecule has 3 rings (SSSR count). The predicted molar refractivity (Wildman–Crippen MR) is 114 cm³/mol. The number of pyridine rings is 1. The number of ether oxygens (including phenoxy) is 2. The Morgan fingerprint density at radius 3 is 2.48 bits per heavy atom. The lowest BCUT2D eigenvalue weighted by Gasteiger charge is -2.43. The van der Waals surface area contributed by atoms with Crippen LogP contribution in [0.5, 0.6) is 5.75 Å². The third kappa shape index (κ3) is 5.09. The number of aromatic nitrogens is 1. The summed E-state index contributed by atoms with van der Waals surface area (Å²) in [6.45, 7) is 8.44. The standard InChI is InChI=1S/C20H25NO8P2/c1-14(2)26-15(3)27-18-9-7-17(8-10-18)19-28-30(4,23)20(22,31(24,25)29-19)12-16-6-5-11-21-13-16/h5-11,13-14,19,22H,3,12H2,1-2,4H3,(H,24,25). The van der Waals surface area contributed by atoms with Crippen molar-refractivity contribution in [3.8, 4) is 5.75 Å². The molecule has 11 heteroatoms. The summed E-state index contributed by atoms with van der Waals surface area (Å²) >= 11 is 0. The van der Waals surface area contributed by atoms with Gasteiger partial charge in [-0.1, -0.05) is 18.2 Å². The van der Waals surface area contributed by atoms with Crippen LogP contribution in [-0.2, 0) is 29.3 Å². The molecule has 0 spiro atoms. The van der Waals surface area contributed by atoms with Gasteiger partial charge in [0, 0.05) is 31.0 Å². The monoisotopic (exact) mass is 469 g/mol. The van der Waals surface area contributed by atoms with E-state index >= 15 is 0 Å². The quantitative estimate of drug-likeness (QED) is 0.449. The van der Waals surface area contributed by atoms with E-state index in [0.717, 1.165) is 6.66 Å². The number of benzene rings is 1. The molecular formula is C20H25NO8P2. The molecule has 1 aromatic carbocycles. The minimum absolute atomic E-state index is 0.0985. The first-order valence-electron chi connectivity index (χ1n) is 9.45. The molecule has 0 saturated carbocycles. The lowest BCUT2D eigenvalue weighted by molar-refractivity contribution is -0.0439. The molecule has 1 fully saturated rings. The Bertz CT molecular complexity index is 999. The summed E-state index contributed by atoms with van der Waals surface area (Å²) in [5, 5.41) is 8.36. The van der Waals surface area contributed by atoms with Crippen LogP contribution < -0.4 is 4.74 Å². The van der Waals surface area contributed by atoms with Gasteiger partial charge < -0.3 is 19.5 Å². The molecule has 0 aliphatic carbocycles. The van der Waals surface area contributed by atoms with Crippen LogP contribution in [0.1, 0.15) is 31.3 Å². The van der Waals surface area contributed by atoms with E-state index in [1.165, 1.54) is 24.5 Å². The lowest BCUT2D eigenvalue weighted by atomic mass is 10.2. The average Bonchev–Trinajstić information content (AvgIpc) is 2.66. The molecule has 1 aliphatic rings. The molecule has 9 nitrogen and oxygen atoms in total. The van der Waals surface area contributed by atoms with Crippen LogP contribution in [0.4, 0.5) is 0 Å². The highest BCUT2D eigenvalue weighted by atomic mass is 31.2. The largest absolute Gasteiger partial charge is 0.463 e. The van der Waals surface area contributed by atoms with Crippen molar-refractivity contribution in [2.24, 2.45) is 0 Å².